The first-order chi connectivity index (χ1) is 9.33. The minimum atomic E-state index is -1.49. The highest BCUT2D eigenvalue weighted by molar-refractivity contribution is 9.10. The Morgan fingerprint density at radius 2 is 2.05 bits per heavy atom. The molecule has 1 atom stereocenters. The average molecular weight is 367 g/mol. The van der Waals surface area contributed by atoms with Gasteiger partial charge in [0.15, 0.2) is 0 Å². The molecule has 1 aromatic rings. The minimum absolute atomic E-state index is 0.0395. The van der Waals surface area contributed by atoms with Crippen LogP contribution < -0.4 is 0 Å². The molecule has 1 aliphatic carbocycles. The second kappa shape index (κ2) is 5.89. The summed E-state index contributed by atoms with van der Waals surface area (Å²) in [6, 6.07) is 2.37. The predicted octanol–water partition coefficient (Wildman–Crippen LogP) is 3.23. The highest BCUT2D eigenvalue weighted by atomic mass is 79.9. The normalized spacial score (nSPS) is 17.8. The maximum absolute atomic E-state index is 13.8. The Labute approximate surface area is 126 Å². The summed E-state index contributed by atoms with van der Waals surface area (Å²) in [6.07, 6.45) is 1.37. The van der Waals surface area contributed by atoms with Crippen LogP contribution in [0.1, 0.15) is 24.8 Å². The molecular formula is C13H13BrF2O3S. The number of carboxylic acids is 1. The molecule has 1 aliphatic rings. The predicted molar refractivity (Wildman–Crippen MR) is 74.7 cm³/mol. The molecule has 1 N–H and O–H groups in total. The lowest BCUT2D eigenvalue weighted by atomic mass is 10.1. The largest absolute Gasteiger partial charge is 0.481 e. The quantitative estimate of drug-likeness (QED) is 0.786. The zero-order valence-corrected chi connectivity index (χ0v) is 12.9. The van der Waals surface area contributed by atoms with Gasteiger partial charge in [0, 0.05) is 22.1 Å². The van der Waals surface area contributed by atoms with Gasteiger partial charge < -0.3 is 5.11 Å². The number of hydrogen-bond donors (Lipinski definition) is 1. The Bertz CT molecular complexity index is 573. The molecule has 0 saturated heterocycles. The molecule has 1 fully saturated rings. The van der Waals surface area contributed by atoms with E-state index in [0.717, 1.165) is 6.07 Å². The lowest BCUT2D eigenvalue weighted by molar-refractivity contribution is -0.138. The summed E-state index contributed by atoms with van der Waals surface area (Å²) in [7, 11) is -1.49. The summed E-state index contributed by atoms with van der Waals surface area (Å²) in [6.45, 7) is 0. The van der Waals surface area contributed by atoms with Crippen LogP contribution in [0.4, 0.5) is 8.78 Å². The van der Waals surface area contributed by atoms with E-state index in [4.69, 9.17) is 5.11 Å². The molecule has 3 nitrogen and oxygen atoms in total. The van der Waals surface area contributed by atoms with E-state index in [9.17, 15) is 17.8 Å². The second-order valence-corrected chi connectivity index (χ2v) is 7.43. The lowest BCUT2D eigenvalue weighted by Gasteiger charge is -2.12. The highest BCUT2D eigenvalue weighted by Crippen LogP contribution is 2.49. The van der Waals surface area contributed by atoms with Gasteiger partial charge in [-0.3, -0.25) is 9.00 Å². The fourth-order valence-electron chi connectivity index (χ4n) is 2.12. The molecule has 20 heavy (non-hydrogen) atoms. The summed E-state index contributed by atoms with van der Waals surface area (Å²) in [4.78, 5) is 10.7. The van der Waals surface area contributed by atoms with Gasteiger partial charge in [0.1, 0.15) is 11.6 Å². The molecule has 1 unspecified atom stereocenters. The van der Waals surface area contributed by atoms with E-state index in [0.29, 0.717) is 12.8 Å². The Kier molecular flexibility index (Phi) is 4.59. The molecule has 1 aromatic carbocycles. The number of rotatable bonds is 6. The van der Waals surface area contributed by atoms with Crippen LogP contribution in [0.25, 0.3) is 0 Å². The van der Waals surface area contributed by atoms with Gasteiger partial charge in [-0.1, -0.05) is 0 Å². The Hall–Kier alpha value is -0.820. The molecular weight excluding hydrogens is 354 g/mol. The molecule has 0 heterocycles. The molecule has 110 valence electrons. The topological polar surface area (TPSA) is 54.4 Å². The first kappa shape index (κ1) is 15.6. The molecule has 0 amide bonds. The van der Waals surface area contributed by atoms with E-state index in [-0.39, 0.29) is 28.0 Å². The van der Waals surface area contributed by atoms with Gasteiger partial charge in [-0.25, -0.2) is 8.78 Å². The molecule has 2 rings (SSSR count). The van der Waals surface area contributed by atoms with Crippen molar-refractivity contribution in [3.05, 3.63) is 33.8 Å². The van der Waals surface area contributed by atoms with Gasteiger partial charge in [0.25, 0.3) is 0 Å². The molecule has 1 saturated carbocycles. The molecule has 0 aliphatic heterocycles. The Morgan fingerprint density at radius 3 is 2.60 bits per heavy atom. The van der Waals surface area contributed by atoms with Crippen LogP contribution in [-0.2, 0) is 21.3 Å². The summed E-state index contributed by atoms with van der Waals surface area (Å²) in [5, 5.41) is 8.79. The molecule has 7 heteroatoms. The molecule has 0 spiro atoms. The van der Waals surface area contributed by atoms with Crippen LogP contribution in [0.3, 0.4) is 0 Å². The molecule has 0 radical (unpaired) electrons. The van der Waals surface area contributed by atoms with Crippen molar-refractivity contribution in [1.29, 1.82) is 0 Å². The number of carboxylic acid groups (broad SMARTS) is 1. The van der Waals surface area contributed by atoms with Gasteiger partial charge >= 0.3 is 5.97 Å². The minimum Gasteiger partial charge on any atom is -0.481 e. The first-order valence-electron chi connectivity index (χ1n) is 6.02. The van der Waals surface area contributed by atoms with E-state index in [1.807, 2.05) is 0 Å². The summed E-state index contributed by atoms with van der Waals surface area (Å²) in [5.41, 5.74) is -0.667. The Morgan fingerprint density at radius 1 is 1.40 bits per heavy atom. The lowest BCUT2D eigenvalue weighted by Crippen LogP contribution is -2.18. The first-order valence-corrected chi connectivity index (χ1v) is 8.30. The van der Waals surface area contributed by atoms with Crippen molar-refractivity contribution in [2.24, 2.45) is 5.41 Å². The van der Waals surface area contributed by atoms with Gasteiger partial charge in [-0.2, -0.15) is 0 Å². The summed E-state index contributed by atoms with van der Waals surface area (Å²) in [5.74, 6) is -2.48. The van der Waals surface area contributed by atoms with Crippen molar-refractivity contribution in [3.63, 3.8) is 0 Å². The third kappa shape index (κ3) is 3.63. The van der Waals surface area contributed by atoms with Gasteiger partial charge in [0.05, 0.1) is 16.6 Å². The standard InChI is InChI=1S/C13H13BrF2O3S/c14-9-1-2-10(15)8(12(9)16)6-20(19)7-13(3-4-13)5-11(17)18/h1-2H,3-7H2,(H,17,18). The van der Waals surface area contributed by atoms with Crippen LogP contribution in [0, 0.1) is 17.0 Å². The van der Waals surface area contributed by atoms with Crippen LogP contribution in [0.2, 0.25) is 0 Å². The van der Waals surface area contributed by atoms with Crippen molar-refractivity contribution in [3.8, 4) is 0 Å². The van der Waals surface area contributed by atoms with E-state index in [1.54, 1.807) is 0 Å². The zero-order chi connectivity index (χ0) is 14.9. The third-order valence-corrected chi connectivity index (χ3v) is 5.55. The van der Waals surface area contributed by atoms with E-state index in [1.165, 1.54) is 6.07 Å². The van der Waals surface area contributed by atoms with Gasteiger partial charge in [-0.15, -0.1) is 0 Å². The maximum Gasteiger partial charge on any atom is 0.303 e. The average Bonchev–Trinajstić information content (AvgIpc) is 3.08. The van der Waals surface area contributed by atoms with E-state index >= 15 is 0 Å². The zero-order valence-electron chi connectivity index (χ0n) is 10.5. The summed E-state index contributed by atoms with van der Waals surface area (Å²) >= 11 is 2.96. The SMILES string of the molecule is O=C(O)CC1(CS(=O)Cc2c(F)ccc(Br)c2F)CC1. The smallest absolute Gasteiger partial charge is 0.303 e. The van der Waals surface area contributed by atoms with Crippen molar-refractivity contribution in [2.45, 2.75) is 25.0 Å². The Balaban J connectivity index is 2.06. The number of aliphatic carboxylic acids is 1. The molecule has 0 bridgehead atoms. The van der Waals surface area contributed by atoms with Crippen LogP contribution in [0.5, 0.6) is 0 Å². The number of hydrogen-bond acceptors (Lipinski definition) is 2. The third-order valence-electron chi connectivity index (χ3n) is 3.39. The van der Waals surface area contributed by atoms with Crippen LogP contribution >= 0.6 is 15.9 Å². The van der Waals surface area contributed by atoms with Crippen molar-refractivity contribution in [2.75, 3.05) is 5.75 Å². The van der Waals surface area contributed by atoms with E-state index < -0.39 is 33.8 Å². The van der Waals surface area contributed by atoms with Crippen molar-refractivity contribution >= 4 is 32.7 Å². The van der Waals surface area contributed by atoms with Crippen LogP contribution in [0.15, 0.2) is 16.6 Å². The number of halogens is 3. The second-order valence-electron chi connectivity index (χ2n) is 5.12. The van der Waals surface area contributed by atoms with Gasteiger partial charge in [-0.05, 0) is 46.3 Å². The fourth-order valence-corrected chi connectivity index (χ4v) is 4.26. The maximum atomic E-state index is 13.8. The summed E-state index contributed by atoms with van der Waals surface area (Å²) < 4.78 is 39.5. The van der Waals surface area contributed by atoms with Crippen molar-refractivity contribution in [1.82, 2.24) is 0 Å². The fraction of sp³-hybridized carbons (Fsp3) is 0.462. The van der Waals surface area contributed by atoms with Crippen LogP contribution in [-0.4, -0.2) is 21.0 Å². The highest BCUT2D eigenvalue weighted by Gasteiger charge is 2.45. The molecule has 0 aromatic heterocycles. The van der Waals surface area contributed by atoms with E-state index in [2.05, 4.69) is 15.9 Å². The van der Waals surface area contributed by atoms with Crippen molar-refractivity contribution < 1.29 is 22.9 Å². The monoisotopic (exact) mass is 366 g/mol. The number of benzene rings is 1. The van der Waals surface area contributed by atoms with Gasteiger partial charge in [0.2, 0.25) is 0 Å². The number of carbonyl (C=O) groups is 1.